The van der Waals surface area contributed by atoms with Crippen molar-refractivity contribution in [2.24, 2.45) is 5.92 Å². The fourth-order valence-corrected chi connectivity index (χ4v) is 2.67. The predicted molar refractivity (Wildman–Crippen MR) is 79.6 cm³/mol. The zero-order chi connectivity index (χ0) is 15.2. The first-order chi connectivity index (χ1) is 9.33. The molecule has 0 saturated heterocycles. The van der Waals surface area contributed by atoms with Gasteiger partial charge >= 0.3 is 0 Å². The molecule has 1 N–H and O–H groups in total. The minimum absolute atomic E-state index is 0.0969. The zero-order valence-electron chi connectivity index (χ0n) is 11.5. The highest BCUT2D eigenvalue weighted by molar-refractivity contribution is 9.10. The summed E-state index contributed by atoms with van der Waals surface area (Å²) in [5.74, 6) is -0.0570. The Labute approximate surface area is 127 Å². The summed E-state index contributed by atoms with van der Waals surface area (Å²) in [7, 11) is -3.69. The van der Waals surface area contributed by atoms with E-state index in [-0.39, 0.29) is 15.9 Å². The Hall–Kier alpha value is -0.500. The van der Waals surface area contributed by atoms with Gasteiger partial charge in [-0.15, -0.1) is 0 Å². The molecule has 1 aromatic rings. The van der Waals surface area contributed by atoms with Gasteiger partial charge < -0.3 is 4.74 Å². The van der Waals surface area contributed by atoms with Crippen molar-refractivity contribution in [2.45, 2.75) is 25.2 Å². The molecule has 114 valence electrons. The topological polar surface area (TPSA) is 55.4 Å². The minimum Gasteiger partial charge on any atom is -0.380 e. The maximum absolute atomic E-state index is 13.3. The normalized spacial score (nSPS) is 12.1. The lowest BCUT2D eigenvalue weighted by atomic mass is 10.1. The highest BCUT2D eigenvalue weighted by Gasteiger charge is 2.15. The lowest BCUT2D eigenvalue weighted by Crippen LogP contribution is -2.27. The third kappa shape index (κ3) is 5.87. The summed E-state index contributed by atoms with van der Waals surface area (Å²) in [6, 6.07) is 3.68. The van der Waals surface area contributed by atoms with Crippen LogP contribution < -0.4 is 4.72 Å². The molecule has 0 radical (unpaired) electrons. The molecular weight excluding hydrogens is 349 g/mol. The van der Waals surface area contributed by atoms with Crippen LogP contribution in [-0.2, 0) is 14.8 Å². The van der Waals surface area contributed by atoms with Crippen molar-refractivity contribution in [3.63, 3.8) is 0 Å². The van der Waals surface area contributed by atoms with Gasteiger partial charge in [-0.25, -0.2) is 17.5 Å². The molecule has 0 aliphatic rings. The summed E-state index contributed by atoms with van der Waals surface area (Å²) in [5, 5.41) is 0. The van der Waals surface area contributed by atoms with Gasteiger partial charge in [-0.3, -0.25) is 0 Å². The maximum Gasteiger partial charge on any atom is 0.240 e. The second-order valence-corrected chi connectivity index (χ2v) is 7.39. The molecule has 0 aliphatic heterocycles. The van der Waals surface area contributed by atoms with Crippen LogP contribution in [0.25, 0.3) is 0 Å². The minimum atomic E-state index is -3.69. The standard InChI is InChI=1S/C13H19BrFNO3S/c1-10(2)5-7-19-8-6-16-20(17,18)11-3-4-12(14)13(15)9-11/h3-4,9-10,16H,5-8H2,1-2H3. The van der Waals surface area contributed by atoms with E-state index in [1.54, 1.807) is 0 Å². The Bertz CT molecular complexity index is 534. The first-order valence-electron chi connectivity index (χ1n) is 6.35. The van der Waals surface area contributed by atoms with Crippen LogP contribution in [0, 0.1) is 11.7 Å². The molecule has 0 bridgehead atoms. The van der Waals surface area contributed by atoms with E-state index in [0.717, 1.165) is 12.5 Å². The van der Waals surface area contributed by atoms with Crippen molar-refractivity contribution in [2.75, 3.05) is 19.8 Å². The smallest absolute Gasteiger partial charge is 0.240 e. The Morgan fingerprint density at radius 1 is 1.35 bits per heavy atom. The van der Waals surface area contributed by atoms with Gasteiger partial charge in [0.2, 0.25) is 10.0 Å². The first kappa shape index (κ1) is 17.6. The van der Waals surface area contributed by atoms with Gasteiger partial charge in [0.1, 0.15) is 5.82 Å². The van der Waals surface area contributed by atoms with E-state index in [2.05, 4.69) is 34.5 Å². The molecule has 0 aromatic heterocycles. The van der Waals surface area contributed by atoms with Crippen LogP contribution in [0.2, 0.25) is 0 Å². The number of ether oxygens (including phenoxy) is 1. The molecule has 0 spiro atoms. The highest BCUT2D eigenvalue weighted by atomic mass is 79.9. The van der Waals surface area contributed by atoms with E-state index in [4.69, 9.17) is 4.74 Å². The SMILES string of the molecule is CC(C)CCOCCNS(=O)(=O)c1ccc(Br)c(F)c1. The van der Waals surface area contributed by atoms with E-state index in [1.807, 2.05) is 0 Å². The van der Waals surface area contributed by atoms with E-state index >= 15 is 0 Å². The van der Waals surface area contributed by atoms with Crippen LogP contribution in [0.15, 0.2) is 27.6 Å². The zero-order valence-corrected chi connectivity index (χ0v) is 13.9. The molecule has 0 saturated carbocycles. The molecule has 0 unspecified atom stereocenters. The van der Waals surface area contributed by atoms with Crippen LogP contribution in [0.3, 0.4) is 0 Å². The van der Waals surface area contributed by atoms with E-state index in [1.165, 1.54) is 12.1 Å². The van der Waals surface area contributed by atoms with Crippen molar-refractivity contribution in [3.8, 4) is 0 Å². The molecule has 0 atom stereocenters. The number of hydrogen-bond acceptors (Lipinski definition) is 3. The van der Waals surface area contributed by atoms with Crippen molar-refractivity contribution in [1.82, 2.24) is 4.72 Å². The first-order valence-corrected chi connectivity index (χ1v) is 8.63. The van der Waals surface area contributed by atoms with Gasteiger partial charge in [-0.2, -0.15) is 0 Å². The van der Waals surface area contributed by atoms with Crippen LogP contribution in [0.4, 0.5) is 4.39 Å². The quantitative estimate of drug-likeness (QED) is 0.718. The van der Waals surface area contributed by atoms with Crippen molar-refractivity contribution in [1.29, 1.82) is 0 Å². The number of sulfonamides is 1. The van der Waals surface area contributed by atoms with Crippen molar-refractivity contribution < 1.29 is 17.5 Å². The van der Waals surface area contributed by atoms with Gasteiger partial charge in [0.05, 0.1) is 16.0 Å². The van der Waals surface area contributed by atoms with E-state index in [0.29, 0.717) is 19.1 Å². The summed E-state index contributed by atoms with van der Waals surface area (Å²) in [6.07, 6.45) is 0.935. The molecule has 1 rings (SSSR count). The number of halogens is 2. The lowest BCUT2D eigenvalue weighted by Gasteiger charge is -2.09. The monoisotopic (exact) mass is 367 g/mol. The van der Waals surface area contributed by atoms with Gasteiger partial charge in [-0.05, 0) is 46.5 Å². The second kappa shape index (κ2) is 8.07. The summed E-state index contributed by atoms with van der Waals surface area (Å²) in [5.41, 5.74) is 0. The highest BCUT2D eigenvalue weighted by Crippen LogP contribution is 2.19. The summed E-state index contributed by atoms with van der Waals surface area (Å²) in [6.45, 7) is 5.25. The fraction of sp³-hybridized carbons (Fsp3) is 0.538. The lowest BCUT2D eigenvalue weighted by molar-refractivity contribution is 0.128. The molecule has 4 nitrogen and oxygen atoms in total. The summed E-state index contributed by atoms with van der Waals surface area (Å²) in [4.78, 5) is -0.0969. The number of rotatable bonds is 8. The number of nitrogens with one attached hydrogen (secondary N) is 1. The third-order valence-corrected chi connectivity index (χ3v) is 4.68. The van der Waals surface area contributed by atoms with Gasteiger partial charge in [-0.1, -0.05) is 13.8 Å². The van der Waals surface area contributed by atoms with Gasteiger partial charge in [0.25, 0.3) is 0 Å². The van der Waals surface area contributed by atoms with E-state index in [9.17, 15) is 12.8 Å². The molecule has 7 heteroatoms. The molecule has 0 amide bonds. The molecule has 1 aromatic carbocycles. The van der Waals surface area contributed by atoms with Crippen LogP contribution in [0.5, 0.6) is 0 Å². The Morgan fingerprint density at radius 2 is 2.05 bits per heavy atom. The van der Waals surface area contributed by atoms with Crippen molar-refractivity contribution >= 4 is 26.0 Å². The molecular formula is C13H19BrFNO3S. The molecule has 20 heavy (non-hydrogen) atoms. The third-order valence-electron chi connectivity index (χ3n) is 2.58. The maximum atomic E-state index is 13.3. The number of hydrogen-bond donors (Lipinski definition) is 1. The average molecular weight is 368 g/mol. The molecule has 0 fully saturated rings. The fourth-order valence-electron chi connectivity index (χ4n) is 1.40. The van der Waals surface area contributed by atoms with Gasteiger partial charge in [0.15, 0.2) is 0 Å². The Balaban J connectivity index is 2.43. The van der Waals surface area contributed by atoms with Gasteiger partial charge in [0, 0.05) is 13.2 Å². The van der Waals surface area contributed by atoms with Crippen LogP contribution in [0.1, 0.15) is 20.3 Å². The number of benzene rings is 1. The second-order valence-electron chi connectivity index (χ2n) is 4.77. The Kier molecular flexibility index (Phi) is 7.08. The Morgan fingerprint density at radius 3 is 2.65 bits per heavy atom. The van der Waals surface area contributed by atoms with Crippen LogP contribution >= 0.6 is 15.9 Å². The summed E-state index contributed by atoms with van der Waals surface area (Å²) >= 11 is 2.98. The largest absolute Gasteiger partial charge is 0.380 e. The van der Waals surface area contributed by atoms with Crippen LogP contribution in [-0.4, -0.2) is 28.2 Å². The van der Waals surface area contributed by atoms with Crippen molar-refractivity contribution in [3.05, 3.63) is 28.5 Å². The van der Waals surface area contributed by atoms with E-state index < -0.39 is 15.8 Å². The molecule has 0 heterocycles. The molecule has 0 aliphatic carbocycles. The predicted octanol–water partition coefficient (Wildman–Crippen LogP) is 2.93. The average Bonchev–Trinajstić information content (AvgIpc) is 2.36. The summed E-state index contributed by atoms with van der Waals surface area (Å²) < 4.78 is 45.0.